The molecule has 0 amide bonds. The molecule has 0 aliphatic carbocycles. The highest BCUT2D eigenvalue weighted by Gasteiger charge is 2.17. The van der Waals surface area contributed by atoms with Crippen LogP contribution in [0.15, 0.2) is 60.7 Å². The van der Waals surface area contributed by atoms with Crippen molar-refractivity contribution in [3.05, 3.63) is 81.9 Å². The fourth-order valence-electron chi connectivity index (χ4n) is 2.20. The first-order chi connectivity index (χ1) is 10.3. The molecule has 2 rings (SSSR count). The quantitative estimate of drug-likeness (QED) is 0.413. The van der Waals surface area contributed by atoms with Gasteiger partial charge >= 0.3 is 0 Å². The minimum absolute atomic E-state index is 0.0139. The molecule has 0 aromatic heterocycles. The van der Waals surface area contributed by atoms with E-state index in [-0.39, 0.29) is 16.7 Å². The maximum atomic E-state index is 10.8. The zero-order valence-corrected chi connectivity index (χ0v) is 12.7. The zero-order valence-electron chi connectivity index (χ0n) is 11.9. The minimum Gasteiger partial charge on any atom is -0.264 e. The Bertz CT molecular complexity index is 545. The second-order valence-electron chi connectivity index (χ2n) is 4.87. The predicted octanol–water partition coefficient (Wildman–Crippen LogP) is 4.37. The highest BCUT2D eigenvalue weighted by molar-refractivity contribution is 7.99. The Morgan fingerprint density at radius 2 is 1.62 bits per heavy atom. The van der Waals surface area contributed by atoms with E-state index in [4.69, 9.17) is 0 Å². The summed E-state index contributed by atoms with van der Waals surface area (Å²) in [5, 5.41) is 10.8. The van der Waals surface area contributed by atoms with Crippen molar-refractivity contribution in [3.63, 3.8) is 0 Å². The van der Waals surface area contributed by atoms with E-state index in [0.29, 0.717) is 0 Å². The summed E-state index contributed by atoms with van der Waals surface area (Å²) in [5.41, 5.74) is 2.36. The number of hydrogen-bond donors (Lipinski definition) is 0. The van der Waals surface area contributed by atoms with Gasteiger partial charge < -0.3 is 0 Å². The average Bonchev–Trinajstić information content (AvgIpc) is 2.52. The Morgan fingerprint density at radius 3 is 2.24 bits per heavy atom. The third kappa shape index (κ3) is 5.60. The first-order valence-corrected chi connectivity index (χ1v) is 8.13. The van der Waals surface area contributed by atoms with Gasteiger partial charge in [-0.1, -0.05) is 60.7 Å². The molecule has 4 heteroatoms. The predicted molar refractivity (Wildman–Crippen MR) is 88.3 cm³/mol. The monoisotopic (exact) mass is 301 g/mol. The van der Waals surface area contributed by atoms with E-state index in [1.165, 1.54) is 5.56 Å². The van der Waals surface area contributed by atoms with Gasteiger partial charge in [0.25, 0.3) is 0 Å². The molecule has 0 spiro atoms. The third-order valence-corrected chi connectivity index (χ3v) is 4.61. The first-order valence-electron chi connectivity index (χ1n) is 7.08. The fraction of sp³-hybridized carbons (Fsp3) is 0.294. The lowest BCUT2D eigenvalue weighted by atomic mass is 10.1. The molecule has 21 heavy (non-hydrogen) atoms. The molecule has 0 heterocycles. The fourth-order valence-corrected chi connectivity index (χ4v) is 3.38. The van der Waals surface area contributed by atoms with Gasteiger partial charge in [-0.2, -0.15) is 0 Å². The van der Waals surface area contributed by atoms with E-state index in [2.05, 4.69) is 12.1 Å². The Balaban J connectivity index is 1.83. The molecule has 110 valence electrons. The van der Waals surface area contributed by atoms with Crippen molar-refractivity contribution < 1.29 is 4.92 Å². The van der Waals surface area contributed by atoms with E-state index in [1.807, 2.05) is 48.5 Å². The molecule has 0 bridgehead atoms. The SMILES string of the molecule is O=[N+]([O-])C[C@@H](SCCCc1ccccc1)c1ccccc1. The second-order valence-corrected chi connectivity index (χ2v) is 6.19. The first kappa shape index (κ1) is 15.6. The van der Waals surface area contributed by atoms with Crippen molar-refractivity contribution in [1.29, 1.82) is 0 Å². The normalized spacial score (nSPS) is 12.0. The molecule has 0 saturated carbocycles. The number of thioether (sulfide) groups is 1. The molecule has 0 saturated heterocycles. The minimum atomic E-state index is -0.220. The van der Waals surface area contributed by atoms with Crippen LogP contribution in [0.3, 0.4) is 0 Å². The highest BCUT2D eigenvalue weighted by Crippen LogP contribution is 2.29. The van der Waals surface area contributed by atoms with Crippen molar-refractivity contribution in [2.75, 3.05) is 12.3 Å². The summed E-state index contributed by atoms with van der Waals surface area (Å²) in [6.07, 6.45) is 2.06. The molecule has 0 fully saturated rings. The molecule has 0 aliphatic rings. The van der Waals surface area contributed by atoms with Crippen LogP contribution in [0.2, 0.25) is 0 Å². The average molecular weight is 301 g/mol. The summed E-state index contributed by atoms with van der Waals surface area (Å²) in [6, 6.07) is 20.1. The van der Waals surface area contributed by atoms with Crippen LogP contribution in [-0.4, -0.2) is 17.2 Å². The lowest BCUT2D eigenvalue weighted by Gasteiger charge is -2.12. The van der Waals surface area contributed by atoms with Crippen LogP contribution in [0.1, 0.15) is 22.8 Å². The number of hydrogen-bond acceptors (Lipinski definition) is 3. The van der Waals surface area contributed by atoms with Crippen LogP contribution in [-0.2, 0) is 6.42 Å². The Hall–Kier alpha value is -1.81. The molecule has 2 aromatic carbocycles. The van der Waals surface area contributed by atoms with Gasteiger partial charge in [-0.05, 0) is 29.7 Å². The van der Waals surface area contributed by atoms with Crippen LogP contribution >= 0.6 is 11.8 Å². The Labute approximate surface area is 129 Å². The summed E-state index contributed by atoms with van der Waals surface area (Å²) >= 11 is 1.68. The summed E-state index contributed by atoms with van der Waals surface area (Å²) < 4.78 is 0. The van der Waals surface area contributed by atoms with E-state index < -0.39 is 0 Å². The molecule has 1 atom stereocenters. The maximum absolute atomic E-state index is 10.8. The molecule has 3 nitrogen and oxygen atoms in total. The van der Waals surface area contributed by atoms with Crippen molar-refractivity contribution >= 4 is 11.8 Å². The van der Waals surface area contributed by atoms with E-state index in [9.17, 15) is 10.1 Å². The molecule has 0 unspecified atom stereocenters. The number of nitrogens with zero attached hydrogens (tertiary/aromatic N) is 1. The van der Waals surface area contributed by atoms with Gasteiger partial charge in [-0.25, -0.2) is 0 Å². The lowest BCUT2D eigenvalue weighted by Crippen LogP contribution is -2.10. The zero-order chi connectivity index (χ0) is 14.9. The summed E-state index contributed by atoms with van der Waals surface area (Å²) in [5.74, 6) is 0.933. The lowest BCUT2D eigenvalue weighted by molar-refractivity contribution is -0.479. The standard InChI is InChI=1S/C17H19NO2S/c19-18(20)14-17(16-11-5-2-6-12-16)21-13-7-10-15-8-3-1-4-9-15/h1-6,8-9,11-12,17H,7,10,13-14H2/t17-/m1/s1. The van der Waals surface area contributed by atoms with Crippen molar-refractivity contribution in [1.82, 2.24) is 0 Å². The summed E-state index contributed by atoms with van der Waals surface area (Å²) in [6.45, 7) is -0.0139. The largest absolute Gasteiger partial charge is 0.264 e. The molecule has 0 radical (unpaired) electrons. The second kappa shape index (κ2) is 8.47. The van der Waals surface area contributed by atoms with E-state index in [0.717, 1.165) is 24.2 Å². The van der Waals surface area contributed by atoms with Gasteiger partial charge in [-0.15, -0.1) is 11.8 Å². The third-order valence-electron chi connectivity index (χ3n) is 3.26. The van der Waals surface area contributed by atoms with Crippen LogP contribution in [0.5, 0.6) is 0 Å². The van der Waals surface area contributed by atoms with E-state index >= 15 is 0 Å². The summed E-state index contributed by atoms with van der Waals surface area (Å²) in [4.78, 5) is 10.6. The number of rotatable bonds is 8. The number of benzene rings is 2. The van der Waals surface area contributed by atoms with Crippen molar-refractivity contribution in [2.24, 2.45) is 0 Å². The van der Waals surface area contributed by atoms with Gasteiger partial charge in [0.2, 0.25) is 6.54 Å². The smallest absolute Gasteiger partial charge is 0.219 e. The molecule has 0 aliphatic heterocycles. The van der Waals surface area contributed by atoms with Gasteiger partial charge in [0.05, 0.1) is 5.25 Å². The van der Waals surface area contributed by atoms with Crippen LogP contribution in [0.25, 0.3) is 0 Å². The molecular weight excluding hydrogens is 282 g/mol. The number of aryl methyl sites for hydroxylation is 1. The van der Waals surface area contributed by atoms with Crippen LogP contribution in [0.4, 0.5) is 0 Å². The maximum Gasteiger partial charge on any atom is 0.219 e. The molecular formula is C17H19NO2S. The van der Waals surface area contributed by atoms with Gasteiger partial charge in [-0.3, -0.25) is 10.1 Å². The topological polar surface area (TPSA) is 43.1 Å². The molecule has 0 N–H and O–H groups in total. The van der Waals surface area contributed by atoms with Crippen LogP contribution < -0.4 is 0 Å². The highest BCUT2D eigenvalue weighted by atomic mass is 32.2. The van der Waals surface area contributed by atoms with Gasteiger partial charge in [0.15, 0.2) is 0 Å². The van der Waals surface area contributed by atoms with Crippen molar-refractivity contribution in [3.8, 4) is 0 Å². The Morgan fingerprint density at radius 1 is 1.00 bits per heavy atom. The van der Waals surface area contributed by atoms with E-state index in [1.54, 1.807) is 11.8 Å². The van der Waals surface area contributed by atoms with Gasteiger partial charge in [0, 0.05) is 4.92 Å². The molecule has 2 aromatic rings. The van der Waals surface area contributed by atoms with Crippen LogP contribution in [0, 0.1) is 10.1 Å². The Kier molecular flexibility index (Phi) is 6.28. The van der Waals surface area contributed by atoms with Gasteiger partial charge in [0.1, 0.15) is 0 Å². The van der Waals surface area contributed by atoms with Crippen molar-refractivity contribution in [2.45, 2.75) is 18.1 Å². The number of nitro groups is 1. The summed E-state index contributed by atoms with van der Waals surface area (Å²) in [7, 11) is 0.